The Hall–Kier alpha value is -2.22. The number of fused-ring (bicyclic) bond motifs is 1. The maximum atomic E-state index is 5.94. The van der Waals surface area contributed by atoms with Crippen molar-refractivity contribution < 1.29 is 9.15 Å². The number of aliphatic imine (C=N–C) groups is 1. The lowest BCUT2D eigenvalue weighted by Crippen LogP contribution is -2.23. The molecule has 3 N–H and O–H groups in total. The second-order valence-corrected chi connectivity index (χ2v) is 6.08. The first kappa shape index (κ1) is 20.1. The molecule has 0 aliphatic rings. The number of rotatable bonds is 6. The maximum Gasteiger partial charge on any atom is 0.193 e. The SMILES string of the molecule is CC(C)Oc1ccc(NC(N)=NCCc2cc3ccccc3o2)cc1.I. The Bertz CT molecular complexity index is 824. The van der Waals surface area contributed by atoms with Crippen molar-refractivity contribution >= 4 is 46.6 Å². The molecule has 1 heterocycles. The molecule has 0 fully saturated rings. The van der Waals surface area contributed by atoms with Gasteiger partial charge in [0.1, 0.15) is 17.1 Å². The van der Waals surface area contributed by atoms with Gasteiger partial charge in [-0.15, -0.1) is 24.0 Å². The van der Waals surface area contributed by atoms with Gasteiger partial charge in [-0.25, -0.2) is 0 Å². The predicted molar refractivity (Wildman–Crippen MR) is 118 cm³/mol. The summed E-state index contributed by atoms with van der Waals surface area (Å²) in [5.74, 6) is 2.13. The van der Waals surface area contributed by atoms with Crippen LogP contribution >= 0.6 is 24.0 Å². The summed E-state index contributed by atoms with van der Waals surface area (Å²) < 4.78 is 11.4. The van der Waals surface area contributed by atoms with Crippen molar-refractivity contribution in [3.8, 4) is 5.75 Å². The van der Waals surface area contributed by atoms with Crippen molar-refractivity contribution in [2.24, 2.45) is 10.7 Å². The average molecular weight is 465 g/mol. The van der Waals surface area contributed by atoms with Crippen LogP contribution < -0.4 is 15.8 Å². The fourth-order valence-electron chi connectivity index (χ4n) is 2.52. The van der Waals surface area contributed by atoms with Crippen molar-refractivity contribution in [1.29, 1.82) is 0 Å². The van der Waals surface area contributed by atoms with Crippen LogP contribution in [0.5, 0.6) is 5.75 Å². The molecule has 0 spiro atoms. The normalized spacial score (nSPS) is 11.4. The molecular weight excluding hydrogens is 441 g/mol. The van der Waals surface area contributed by atoms with Gasteiger partial charge in [0.05, 0.1) is 6.10 Å². The number of benzene rings is 2. The smallest absolute Gasteiger partial charge is 0.193 e. The molecule has 2 aromatic carbocycles. The third-order valence-corrected chi connectivity index (χ3v) is 3.62. The van der Waals surface area contributed by atoms with Gasteiger partial charge in [0.15, 0.2) is 5.96 Å². The number of para-hydroxylation sites is 1. The van der Waals surface area contributed by atoms with E-state index in [1.165, 1.54) is 0 Å². The first-order valence-electron chi connectivity index (χ1n) is 8.41. The minimum absolute atomic E-state index is 0. The summed E-state index contributed by atoms with van der Waals surface area (Å²) in [6, 6.07) is 17.7. The Labute approximate surface area is 170 Å². The summed E-state index contributed by atoms with van der Waals surface area (Å²) in [7, 11) is 0. The fourth-order valence-corrected chi connectivity index (χ4v) is 2.52. The van der Waals surface area contributed by atoms with E-state index in [-0.39, 0.29) is 30.1 Å². The number of ether oxygens (including phenoxy) is 1. The second-order valence-electron chi connectivity index (χ2n) is 6.08. The van der Waals surface area contributed by atoms with Gasteiger partial charge in [0.25, 0.3) is 0 Å². The molecule has 0 aliphatic heterocycles. The quantitative estimate of drug-likeness (QED) is 0.312. The number of nitrogens with one attached hydrogen (secondary N) is 1. The summed E-state index contributed by atoms with van der Waals surface area (Å²) in [6.45, 7) is 4.56. The van der Waals surface area contributed by atoms with Crippen LogP contribution in [0, 0.1) is 0 Å². The lowest BCUT2D eigenvalue weighted by atomic mass is 10.2. The van der Waals surface area contributed by atoms with Crippen molar-refractivity contribution in [2.45, 2.75) is 26.4 Å². The fraction of sp³-hybridized carbons (Fsp3) is 0.250. The monoisotopic (exact) mass is 465 g/mol. The third kappa shape index (κ3) is 5.66. The van der Waals surface area contributed by atoms with Crippen LogP contribution in [0.2, 0.25) is 0 Å². The lowest BCUT2D eigenvalue weighted by Gasteiger charge is -2.10. The van der Waals surface area contributed by atoms with Crippen LogP contribution in [0.4, 0.5) is 5.69 Å². The van der Waals surface area contributed by atoms with Crippen molar-refractivity contribution in [3.05, 3.63) is 60.4 Å². The highest BCUT2D eigenvalue weighted by atomic mass is 127. The van der Waals surface area contributed by atoms with E-state index in [0.29, 0.717) is 18.9 Å². The van der Waals surface area contributed by atoms with Crippen LogP contribution in [-0.4, -0.2) is 18.6 Å². The Morgan fingerprint density at radius 2 is 1.88 bits per heavy atom. The summed E-state index contributed by atoms with van der Waals surface area (Å²) in [4.78, 5) is 4.35. The number of furan rings is 1. The van der Waals surface area contributed by atoms with Gasteiger partial charge in [-0.3, -0.25) is 4.99 Å². The van der Waals surface area contributed by atoms with Gasteiger partial charge in [-0.2, -0.15) is 0 Å². The van der Waals surface area contributed by atoms with E-state index in [1.807, 2.05) is 68.4 Å². The van der Waals surface area contributed by atoms with E-state index in [4.69, 9.17) is 14.9 Å². The summed E-state index contributed by atoms with van der Waals surface area (Å²) in [5.41, 5.74) is 7.72. The van der Waals surface area contributed by atoms with Crippen LogP contribution in [0.25, 0.3) is 11.0 Å². The van der Waals surface area contributed by atoms with Crippen LogP contribution in [0.3, 0.4) is 0 Å². The molecule has 3 aromatic rings. The minimum atomic E-state index is 0. The summed E-state index contributed by atoms with van der Waals surface area (Å²) in [5, 5.41) is 4.18. The molecule has 3 rings (SSSR count). The summed E-state index contributed by atoms with van der Waals surface area (Å²) >= 11 is 0. The molecule has 138 valence electrons. The first-order chi connectivity index (χ1) is 12.1. The molecule has 0 saturated heterocycles. The van der Waals surface area contributed by atoms with E-state index in [1.54, 1.807) is 0 Å². The van der Waals surface area contributed by atoms with Gasteiger partial charge in [0.2, 0.25) is 0 Å². The second kappa shape index (κ2) is 9.47. The maximum absolute atomic E-state index is 5.94. The standard InChI is InChI=1S/C20H23N3O2.HI/c1-14(2)24-17-9-7-16(8-10-17)23-20(21)22-12-11-18-13-15-5-3-4-6-19(15)25-18;/h3-10,13-14H,11-12H2,1-2H3,(H3,21,22,23);1H. The molecule has 0 atom stereocenters. The minimum Gasteiger partial charge on any atom is -0.491 e. The van der Waals surface area contributed by atoms with Gasteiger partial charge < -0.3 is 20.2 Å². The van der Waals surface area contributed by atoms with Gasteiger partial charge >= 0.3 is 0 Å². The zero-order chi connectivity index (χ0) is 17.6. The molecule has 5 nitrogen and oxygen atoms in total. The number of nitrogens with zero attached hydrogens (tertiary/aromatic N) is 1. The van der Waals surface area contributed by atoms with E-state index in [0.717, 1.165) is 28.2 Å². The molecule has 0 bridgehead atoms. The Balaban J connectivity index is 0.00000243. The third-order valence-electron chi connectivity index (χ3n) is 3.62. The lowest BCUT2D eigenvalue weighted by molar-refractivity contribution is 0.242. The van der Waals surface area contributed by atoms with Gasteiger partial charge in [0, 0.05) is 24.0 Å². The number of hydrogen-bond acceptors (Lipinski definition) is 3. The number of hydrogen-bond donors (Lipinski definition) is 2. The van der Waals surface area contributed by atoms with Crippen molar-refractivity contribution in [1.82, 2.24) is 0 Å². The largest absolute Gasteiger partial charge is 0.491 e. The number of halogens is 1. The highest BCUT2D eigenvalue weighted by Crippen LogP contribution is 2.19. The highest BCUT2D eigenvalue weighted by molar-refractivity contribution is 14.0. The first-order valence-corrected chi connectivity index (χ1v) is 8.41. The molecule has 0 radical (unpaired) electrons. The molecule has 0 amide bonds. The molecule has 1 aromatic heterocycles. The van der Waals surface area contributed by atoms with Crippen LogP contribution in [-0.2, 0) is 6.42 Å². The van der Waals surface area contributed by atoms with Crippen molar-refractivity contribution in [3.63, 3.8) is 0 Å². The number of nitrogens with two attached hydrogens (primary N) is 1. The van der Waals surface area contributed by atoms with E-state index in [2.05, 4.69) is 10.3 Å². The Morgan fingerprint density at radius 1 is 1.15 bits per heavy atom. The van der Waals surface area contributed by atoms with E-state index >= 15 is 0 Å². The number of guanidine groups is 1. The van der Waals surface area contributed by atoms with Crippen LogP contribution in [0.15, 0.2) is 64.0 Å². The van der Waals surface area contributed by atoms with Gasteiger partial charge in [-0.1, -0.05) is 18.2 Å². The Morgan fingerprint density at radius 3 is 2.58 bits per heavy atom. The number of anilines is 1. The Kier molecular flexibility index (Phi) is 7.32. The van der Waals surface area contributed by atoms with Crippen LogP contribution in [0.1, 0.15) is 19.6 Å². The van der Waals surface area contributed by atoms with Crippen molar-refractivity contribution in [2.75, 3.05) is 11.9 Å². The molecular formula is C20H24IN3O2. The topological polar surface area (TPSA) is 72.8 Å². The summed E-state index contributed by atoms with van der Waals surface area (Å²) in [6.07, 6.45) is 0.863. The molecule has 6 heteroatoms. The molecule has 0 unspecified atom stereocenters. The van der Waals surface area contributed by atoms with Gasteiger partial charge in [-0.05, 0) is 50.2 Å². The highest BCUT2D eigenvalue weighted by Gasteiger charge is 2.03. The zero-order valence-electron chi connectivity index (χ0n) is 14.9. The van der Waals surface area contributed by atoms with E-state index in [9.17, 15) is 0 Å². The van der Waals surface area contributed by atoms with E-state index < -0.39 is 0 Å². The molecule has 26 heavy (non-hydrogen) atoms. The molecule has 0 aliphatic carbocycles. The predicted octanol–water partition coefficient (Wildman–Crippen LogP) is 4.81. The molecule has 0 saturated carbocycles. The zero-order valence-corrected chi connectivity index (χ0v) is 17.3. The average Bonchev–Trinajstić information content (AvgIpc) is 2.99.